The van der Waals surface area contributed by atoms with Gasteiger partial charge in [0.05, 0.1) is 0 Å². The minimum Gasteiger partial charge on any atom is -0.480 e. The van der Waals surface area contributed by atoms with Crippen molar-refractivity contribution in [2.75, 3.05) is 25.1 Å². The van der Waals surface area contributed by atoms with Crippen molar-refractivity contribution in [1.29, 1.82) is 0 Å². The average molecular weight is 246 g/mol. The van der Waals surface area contributed by atoms with Gasteiger partial charge in [-0.15, -0.1) is 0 Å². The summed E-state index contributed by atoms with van der Waals surface area (Å²) in [7, 11) is 0. The molecule has 1 aliphatic rings. The molecule has 16 heavy (non-hydrogen) atoms. The van der Waals surface area contributed by atoms with E-state index in [1.54, 1.807) is 11.8 Å². The molecule has 1 rings (SSSR count). The second-order valence-corrected chi connectivity index (χ2v) is 4.82. The quantitative estimate of drug-likeness (QED) is 0.657. The van der Waals surface area contributed by atoms with E-state index in [4.69, 9.17) is 5.11 Å². The van der Waals surface area contributed by atoms with Crippen LogP contribution in [0.1, 0.15) is 19.3 Å². The average Bonchev–Trinajstić information content (AvgIpc) is 3.04. The van der Waals surface area contributed by atoms with Gasteiger partial charge >= 0.3 is 12.0 Å². The van der Waals surface area contributed by atoms with Crippen LogP contribution < -0.4 is 5.32 Å². The number of nitrogens with zero attached hydrogens (tertiary/aromatic N) is 1. The predicted molar refractivity (Wildman–Crippen MR) is 63.8 cm³/mol. The zero-order valence-corrected chi connectivity index (χ0v) is 10.3. The first kappa shape index (κ1) is 13.2. The summed E-state index contributed by atoms with van der Waals surface area (Å²) in [5.41, 5.74) is 0. The topological polar surface area (TPSA) is 69.6 Å². The number of carbonyl (C=O) groups excluding carboxylic acids is 1. The van der Waals surface area contributed by atoms with Crippen LogP contribution in [0.15, 0.2) is 0 Å². The Morgan fingerprint density at radius 2 is 2.19 bits per heavy atom. The summed E-state index contributed by atoms with van der Waals surface area (Å²) >= 11 is 1.73. The Morgan fingerprint density at radius 1 is 1.50 bits per heavy atom. The fraction of sp³-hybridized carbons (Fsp3) is 0.800. The summed E-state index contributed by atoms with van der Waals surface area (Å²) in [6.45, 7) is 0.418. The number of carbonyl (C=O) groups is 2. The molecule has 0 aliphatic heterocycles. The van der Waals surface area contributed by atoms with Crippen LogP contribution in [0.3, 0.4) is 0 Å². The highest BCUT2D eigenvalue weighted by Crippen LogP contribution is 2.26. The molecular formula is C10H18N2O3S. The first-order chi connectivity index (χ1) is 7.65. The van der Waals surface area contributed by atoms with Crippen LogP contribution in [-0.4, -0.2) is 53.1 Å². The molecule has 0 atom stereocenters. The van der Waals surface area contributed by atoms with Crippen molar-refractivity contribution in [1.82, 2.24) is 10.2 Å². The van der Waals surface area contributed by atoms with E-state index in [1.807, 2.05) is 6.26 Å². The lowest BCUT2D eigenvalue weighted by Gasteiger charge is -2.20. The van der Waals surface area contributed by atoms with Gasteiger partial charge in [-0.3, -0.25) is 4.79 Å². The summed E-state index contributed by atoms with van der Waals surface area (Å²) in [6.07, 6.45) is 4.78. The maximum absolute atomic E-state index is 11.7. The number of thioether (sulfide) groups is 1. The van der Waals surface area contributed by atoms with Crippen LogP contribution >= 0.6 is 11.8 Å². The van der Waals surface area contributed by atoms with Gasteiger partial charge in [0.2, 0.25) is 0 Å². The van der Waals surface area contributed by atoms with Crippen molar-refractivity contribution in [3.05, 3.63) is 0 Å². The molecule has 6 heteroatoms. The summed E-state index contributed by atoms with van der Waals surface area (Å²) in [5.74, 6) is 0.0500. The fourth-order valence-corrected chi connectivity index (χ4v) is 1.85. The van der Waals surface area contributed by atoms with Crippen molar-refractivity contribution < 1.29 is 14.7 Å². The zero-order valence-electron chi connectivity index (χ0n) is 9.44. The van der Waals surface area contributed by atoms with Crippen molar-refractivity contribution in [3.63, 3.8) is 0 Å². The largest absolute Gasteiger partial charge is 0.480 e. The minimum atomic E-state index is -0.953. The van der Waals surface area contributed by atoms with E-state index in [2.05, 4.69) is 5.32 Å². The fourth-order valence-electron chi connectivity index (χ4n) is 1.41. The Hall–Kier alpha value is -0.910. The number of hydrogen-bond donors (Lipinski definition) is 2. The first-order valence-corrected chi connectivity index (χ1v) is 6.79. The molecule has 0 aromatic rings. The molecule has 0 saturated heterocycles. The molecule has 0 aromatic heterocycles. The minimum absolute atomic E-state index is 0.136. The standard InChI is InChI=1S/C10H18N2O3S/c1-16-6-2-5-11-10(15)12(7-9(13)14)8-3-4-8/h8H,2-7H2,1H3,(H,11,15)(H,13,14). The van der Waals surface area contributed by atoms with E-state index in [9.17, 15) is 9.59 Å². The van der Waals surface area contributed by atoms with Gasteiger partial charge in [0.1, 0.15) is 6.54 Å². The predicted octanol–water partition coefficient (Wildman–Crippen LogP) is 0.998. The smallest absolute Gasteiger partial charge is 0.323 e. The van der Waals surface area contributed by atoms with Crippen LogP contribution in [0.2, 0.25) is 0 Å². The van der Waals surface area contributed by atoms with Crippen LogP contribution in [0.25, 0.3) is 0 Å². The van der Waals surface area contributed by atoms with Gasteiger partial charge in [0, 0.05) is 12.6 Å². The normalized spacial score (nSPS) is 14.6. The van der Waals surface area contributed by atoms with Gasteiger partial charge in [-0.2, -0.15) is 11.8 Å². The lowest BCUT2D eigenvalue weighted by Crippen LogP contribution is -2.44. The molecule has 2 amide bonds. The van der Waals surface area contributed by atoms with Gasteiger partial charge in [0.15, 0.2) is 0 Å². The molecule has 0 radical (unpaired) electrons. The molecule has 0 unspecified atom stereocenters. The van der Waals surface area contributed by atoms with E-state index in [1.165, 1.54) is 4.90 Å². The molecule has 2 N–H and O–H groups in total. The number of rotatable bonds is 7. The Bertz CT molecular complexity index is 256. The van der Waals surface area contributed by atoms with Crippen molar-refractivity contribution >= 4 is 23.8 Å². The molecule has 0 heterocycles. The molecule has 0 spiro atoms. The van der Waals surface area contributed by atoms with Gasteiger partial charge in [-0.25, -0.2) is 4.79 Å². The van der Waals surface area contributed by atoms with Gasteiger partial charge in [0.25, 0.3) is 0 Å². The summed E-state index contributed by atoms with van der Waals surface area (Å²) in [6, 6.07) is -0.109. The van der Waals surface area contributed by atoms with Crippen LogP contribution in [-0.2, 0) is 4.79 Å². The van der Waals surface area contributed by atoms with Crippen LogP contribution in [0.5, 0.6) is 0 Å². The lowest BCUT2D eigenvalue weighted by atomic mass is 10.4. The SMILES string of the molecule is CSCCCNC(=O)N(CC(=O)O)C1CC1. The van der Waals surface area contributed by atoms with Gasteiger partial charge < -0.3 is 15.3 Å². The molecule has 5 nitrogen and oxygen atoms in total. The molecule has 0 bridgehead atoms. The van der Waals surface area contributed by atoms with E-state index in [-0.39, 0.29) is 18.6 Å². The number of hydrogen-bond acceptors (Lipinski definition) is 3. The number of amides is 2. The number of carboxylic acid groups (broad SMARTS) is 1. The Kier molecular flexibility index (Phi) is 5.45. The van der Waals surface area contributed by atoms with E-state index < -0.39 is 5.97 Å². The highest BCUT2D eigenvalue weighted by molar-refractivity contribution is 7.98. The Morgan fingerprint density at radius 3 is 2.69 bits per heavy atom. The summed E-state index contributed by atoms with van der Waals surface area (Å²) in [5, 5.41) is 11.4. The first-order valence-electron chi connectivity index (χ1n) is 5.40. The Balaban J connectivity index is 2.27. The van der Waals surface area contributed by atoms with E-state index in [0.717, 1.165) is 25.0 Å². The molecule has 1 fully saturated rings. The van der Waals surface area contributed by atoms with Crippen LogP contribution in [0.4, 0.5) is 4.79 Å². The third kappa shape index (κ3) is 4.74. The van der Waals surface area contributed by atoms with Crippen molar-refractivity contribution in [2.24, 2.45) is 0 Å². The maximum Gasteiger partial charge on any atom is 0.323 e. The molecule has 1 saturated carbocycles. The zero-order chi connectivity index (χ0) is 12.0. The van der Waals surface area contributed by atoms with E-state index in [0.29, 0.717) is 6.54 Å². The third-order valence-electron chi connectivity index (χ3n) is 2.36. The monoisotopic (exact) mass is 246 g/mol. The molecular weight excluding hydrogens is 228 g/mol. The molecule has 0 aromatic carbocycles. The van der Waals surface area contributed by atoms with Crippen molar-refractivity contribution in [3.8, 4) is 0 Å². The molecule has 92 valence electrons. The number of carboxylic acids is 1. The highest BCUT2D eigenvalue weighted by Gasteiger charge is 2.33. The number of nitrogens with one attached hydrogen (secondary N) is 1. The van der Waals surface area contributed by atoms with Crippen molar-refractivity contribution in [2.45, 2.75) is 25.3 Å². The number of urea groups is 1. The van der Waals surface area contributed by atoms with Crippen LogP contribution in [0, 0.1) is 0 Å². The Labute approximate surface area is 99.6 Å². The summed E-state index contributed by atoms with van der Waals surface area (Å²) in [4.78, 5) is 23.7. The lowest BCUT2D eigenvalue weighted by molar-refractivity contribution is -0.137. The highest BCUT2D eigenvalue weighted by atomic mass is 32.2. The van der Waals surface area contributed by atoms with Gasteiger partial charge in [-0.05, 0) is 31.3 Å². The maximum atomic E-state index is 11.7. The van der Waals surface area contributed by atoms with Gasteiger partial charge in [-0.1, -0.05) is 0 Å². The molecule has 1 aliphatic carbocycles. The number of aliphatic carboxylic acids is 1. The summed E-state index contributed by atoms with van der Waals surface area (Å²) < 4.78 is 0. The second kappa shape index (κ2) is 6.62. The van der Waals surface area contributed by atoms with E-state index >= 15 is 0 Å². The third-order valence-corrected chi connectivity index (χ3v) is 3.05. The second-order valence-electron chi connectivity index (χ2n) is 3.83.